The summed E-state index contributed by atoms with van der Waals surface area (Å²) in [6.07, 6.45) is 0.0375. The molecular formula is C7H12N2O3. The molecule has 68 valence electrons. The Hall–Kier alpha value is -1.10. The smallest absolute Gasteiger partial charge is 0.332 e. The SMILES string of the molecule is C[C@H]1OC(=O)[C@H]1NC(=O)CCN. The molecule has 0 aliphatic carbocycles. The van der Waals surface area contributed by atoms with Gasteiger partial charge in [-0.05, 0) is 6.92 Å². The molecule has 3 N–H and O–H groups in total. The van der Waals surface area contributed by atoms with Crippen molar-refractivity contribution < 1.29 is 14.3 Å². The van der Waals surface area contributed by atoms with E-state index in [-0.39, 0.29) is 24.4 Å². The molecule has 1 aliphatic heterocycles. The Morgan fingerprint density at radius 2 is 2.42 bits per heavy atom. The van der Waals surface area contributed by atoms with E-state index in [2.05, 4.69) is 10.1 Å². The van der Waals surface area contributed by atoms with Gasteiger partial charge in [-0.2, -0.15) is 0 Å². The van der Waals surface area contributed by atoms with Gasteiger partial charge in [0.2, 0.25) is 5.91 Å². The van der Waals surface area contributed by atoms with Crippen molar-refractivity contribution in [2.45, 2.75) is 25.5 Å². The first-order valence-corrected chi connectivity index (χ1v) is 3.85. The van der Waals surface area contributed by atoms with Crippen molar-refractivity contribution in [2.24, 2.45) is 5.73 Å². The molecule has 0 aromatic heterocycles. The van der Waals surface area contributed by atoms with E-state index in [1.54, 1.807) is 6.92 Å². The predicted molar refractivity (Wildman–Crippen MR) is 41.2 cm³/mol. The molecule has 5 heteroatoms. The quantitative estimate of drug-likeness (QED) is 0.522. The van der Waals surface area contributed by atoms with Gasteiger partial charge in [0.05, 0.1) is 0 Å². The van der Waals surface area contributed by atoms with Crippen LogP contribution in [0.25, 0.3) is 0 Å². The Kier molecular flexibility index (Phi) is 2.65. The van der Waals surface area contributed by atoms with Gasteiger partial charge in [-0.15, -0.1) is 0 Å². The lowest BCUT2D eigenvalue weighted by Crippen LogP contribution is -2.58. The number of rotatable bonds is 3. The summed E-state index contributed by atoms with van der Waals surface area (Å²) < 4.78 is 4.65. The van der Waals surface area contributed by atoms with E-state index in [9.17, 15) is 9.59 Å². The Bertz CT molecular complexity index is 205. The van der Waals surface area contributed by atoms with Crippen molar-refractivity contribution in [3.63, 3.8) is 0 Å². The molecule has 0 bridgehead atoms. The third-order valence-electron chi connectivity index (χ3n) is 1.71. The molecule has 0 aromatic rings. The maximum atomic E-state index is 10.9. The Balaban J connectivity index is 2.30. The lowest BCUT2D eigenvalue weighted by Gasteiger charge is -2.32. The Labute approximate surface area is 70.2 Å². The number of nitrogens with two attached hydrogens (primary N) is 1. The van der Waals surface area contributed by atoms with Crippen molar-refractivity contribution in [1.82, 2.24) is 5.32 Å². The molecule has 0 saturated carbocycles. The molecule has 2 atom stereocenters. The largest absolute Gasteiger partial charge is 0.458 e. The van der Waals surface area contributed by atoms with Crippen LogP contribution in [0.5, 0.6) is 0 Å². The zero-order valence-corrected chi connectivity index (χ0v) is 6.87. The van der Waals surface area contributed by atoms with Crippen LogP contribution in [-0.4, -0.2) is 30.6 Å². The maximum Gasteiger partial charge on any atom is 0.332 e. The van der Waals surface area contributed by atoms with Crippen LogP contribution in [-0.2, 0) is 14.3 Å². The van der Waals surface area contributed by atoms with Crippen LogP contribution in [0.3, 0.4) is 0 Å². The van der Waals surface area contributed by atoms with Crippen molar-refractivity contribution in [2.75, 3.05) is 6.54 Å². The summed E-state index contributed by atoms with van der Waals surface area (Å²) in [5.41, 5.74) is 5.16. The summed E-state index contributed by atoms with van der Waals surface area (Å²) in [7, 11) is 0. The number of carbonyl (C=O) groups excluding carboxylic acids is 2. The third-order valence-corrected chi connectivity index (χ3v) is 1.71. The van der Waals surface area contributed by atoms with E-state index in [0.717, 1.165) is 0 Å². The highest BCUT2D eigenvalue weighted by molar-refractivity contribution is 5.88. The highest BCUT2D eigenvalue weighted by Gasteiger charge is 2.39. The summed E-state index contributed by atoms with van der Waals surface area (Å²) in [5, 5.41) is 2.52. The fourth-order valence-electron chi connectivity index (χ4n) is 0.997. The van der Waals surface area contributed by atoms with Crippen molar-refractivity contribution in [1.29, 1.82) is 0 Å². The predicted octanol–water partition coefficient (Wildman–Crippen LogP) is -1.23. The number of nitrogens with one attached hydrogen (secondary N) is 1. The molecule has 1 amide bonds. The summed E-state index contributed by atoms with van der Waals surface area (Å²) >= 11 is 0. The molecular weight excluding hydrogens is 160 g/mol. The topological polar surface area (TPSA) is 81.4 Å². The molecule has 1 rings (SSSR count). The fraction of sp³-hybridized carbons (Fsp3) is 0.714. The minimum Gasteiger partial charge on any atom is -0.458 e. The van der Waals surface area contributed by atoms with E-state index in [1.165, 1.54) is 0 Å². The van der Waals surface area contributed by atoms with Gasteiger partial charge >= 0.3 is 5.97 Å². The Morgan fingerprint density at radius 1 is 1.75 bits per heavy atom. The number of carbonyl (C=O) groups is 2. The second-order valence-electron chi connectivity index (χ2n) is 2.73. The van der Waals surface area contributed by atoms with Crippen molar-refractivity contribution >= 4 is 11.9 Å². The van der Waals surface area contributed by atoms with E-state index in [0.29, 0.717) is 6.54 Å². The lowest BCUT2D eigenvalue weighted by atomic mass is 10.1. The normalized spacial score (nSPS) is 27.3. The van der Waals surface area contributed by atoms with Gasteiger partial charge in [-0.3, -0.25) is 4.79 Å². The van der Waals surface area contributed by atoms with Gasteiger partial charge in [-0.25, -0.2) is 4.79 Å². The number of hydrogen-bond acceptors (Lipinski definition) is 4. The number of hydrogen-bond donors (Lipinski definition) is 2. The van der Waals surface area contributed by atoms with E-state index < -0.39 is 6.04 Å². The molecule has 5 nitrogen and oxygen atoms in total. The van der Waals surface area contributed by atoms with Gasteiger partial charge in [0, 0.05) is 13.0 Å². The van der Waals surface area contributed by atoms with Crippen LogP contribution in [0.4, 0.5) is 0 Å². The highest BCUT2D eigenvalue weighted by Crippen LogP contribution is 2.13. The van der Waals surface area contributed by atoms with E-state index >= 15 is 0 Å². The van der Waals surface area contributed by atoms with Crippen molar-refractivity contribution in [3.05, 3.63) is 0 Å². The van der Waals surface area contributed by atoms with Gasteiger partial charge in [0.25, 0.3) is 0 Å². The molecule has 0 unspecified atom stereocenters. The summed E-state index contributed by atoms with van der Waals surface area (Å²) in [6, 6.07) is -0.468. The van der Waals surface area contributed by atoms with E-state index in [4.69, 9.17) is 5.73 Å². The van der Waals surface area contributed by atoms with Crippen LogP contribution in [0.2, 0.25) is 0 Å². The zero-order chi connectivity index (χ0) is 9.14. The first kappa shape index (κ1) is 8.99. The van der Waals surface area contributed by atoms with Gasteiger partial charge < -0.3 is 15.8 Å². The second kappa shape index (κ2) is 3.53. The third kappa shape index (κ3) is 1.73. The Morgan fingerprint density at radius 3 is 2.83 bits per heavy atom. The highest BCUT2D eigenvalue weighted by atomic mass is 16.6. The molecule has 12 heavy (non-hydrogen) atoms. The number of esters is 1. The first-order chi connectivity index (χ1) is 5.65. The number of ether oxygens (including phenoxy) is 1. The summed E-state index contributed by atoms with van der Waals surface area (Å²) in [4.78, 5) is 21.7. The number of amides is 1. The van der Waals surface area contributed by atoms with Crippen LogP contribution in [0, 0.1) is 0 Å². The molecule has 0 radical (unpaired) electrons. The molecule has 1 fully saturated rings. The molecule has 0 spiro atoms. The zero-order valence-electron chi connectivity index (χ0n) is 6.87. The van der Waals surface area contributed by atoms with Crippen LogP contribution in [0.15, 0.2) is 0 Å². The average molecular weight is 172 g/mol. The van der Waals surface area contributed by atoms with Gasteiger partial charge in [-0.1, -0.05) is 0 Å². The monoisotopic (exact) mass is 172 g/mol. The maximum absolute atomic E-state index is 10.9. The molecule has 1 aliphatic rings. The minimum absolute atomic E-state index is 0.203. The summed E-state index contributed by atoms with van der Waals surface area (Å²) in [5.74, 6) is -0.570. The molecule has 0 aromatic carbocycles. The number of cyclic esters (lactones) is 1. The molecule has 1 saturated heterocycles. The first-order valence-electron chi connectivity index (χ1n) is 3.85. The fourth-order valence-corrected chi connectivity index (χ4v) is 0.997. The minimum atomic E-state index is -0.468. The summed E-state index contributed by atoms with van der Waals surface area (Å²) in [6.45, 7) is 2.02. The van der Waals surface area contributed by atoms with Crippen LogP contribution in [0.1, 0.15) is 13.3 Å². The molecule has 1 heterocycles. The van der Waals surface area contributed by atoms with E-state index in [1.807, 2.05) is 0 Å². The second-order valence-corrected chi connectivity index (χ2v) is 2.73. The standard InChI is InChI=1S/C7H12N2O3/c1-4-6(7(11)12-4)9-5(10)2-3-8/h4,6H,2-3,8H2,1H3,(H,9,10)/t4-,6+/m1/s1. The lowest BCUT2D eigenvalue weighted by molar-refractivity contribution is -0.176. The average Bonchev–Trinajstić information content (AvgIpc) is 2.02. The van der Waals surface area contributed by atoms with Crippen LogP contribution >= 0.6 is 0 Å². The van der Waals surface area contributed by atoms with Gasteiger partial charge in [0.1, 0.15) is 6.10 Å². The van der Waals surface area contributed by atoms with Crippen LogP contribution < -0.4 is 11.1 Å². The van der Waals surface area contributed by atoms with Gasteiger partial charge in [0.15, 0.2) is 6.04 Å². The van der Waals surface area contributed by atoms with Crippen molar-refractivity contribution in [3.8, 4) is 0 Å².